The van der Waals surface area contributed by atoms with Crippen molar-refractivity contribution in [3.8, 4) is 0 Å². The Balaban J connectivity index is 2.63. The van der Waals surface area contributed by atoms with Crippen molar-refractivity contribution in [2.75, 3.05) is 13.1 Å². The molecule has 0 bridgehead atoms. The summed E-state index contributed by atoms with van der Waals surface area (Å²) >= 11 is 0. The lowest BCUT2D eigenvalue weighted by Crippen LogP contribution is -2.31. The van der Waals surface area contributed by atoms with Crippen LogP contribution in [0.4, 0.5) is 0 Å². The minimum atomic E-state index is 0.290. The van der Waals surface area contributed by atoms with E-state index in [-0.39, 0.29) is 5.84 Å². The second kappa shape index (κ2) is 7.79. The van der Waals surface area contributed by atoms with Gasteiger partial charge in [0.05, 0.1) is 0 Å². The van der Waals surface area contributed by atoms with Crippen LogP contribution in [0.25, 0.3) is 0 Å². The lowest BCUT2D eigenvalue weighted by atomic mass is 10.1. The zero-order valence-corrected chi connectivity index (χ0v) is 12.1. The molecule has 4 heteroatoms. The zero-order chi connectivity index (χ0) is 14.3. The van der Waals surface area contributed by atoms with Gasteiger partial charge >= 0.3 is 0 Å². The average Bonchev–Trinajstić information content (AvgIpc) is 2.35. The van der Waals surface area contributed by atoms with Crippen molar-refractivity contribution in [3.63, 3.8) is 0 Å². The lowest BCUT2D eigenvalue weighted by molar-refractivity contribution is 0.240. The largest absolute Gasteiger partial charge is 0.409 e. The van der Waals surface area contributed by atoms with E-state index in [2.05, 4.69) is 55.1 Å². The summed E-state index contributed by atoms with van der Waals surface area (Å²) in [5, 5.41) is 11.6. The van der Waals surface area contributed by atoms with Crippen molar-refractivity contribution in [2.24, 2.45) is 16.8 Å². The Morgan fingerprint density at radius 3 is 2.74 bits per heavy atom. The maximum Gasteiger partial charge on any atom is 0.140 e. The number of hydrogen-bond acceptors (Lipinski definition) is 3. The Kier molecular flexibility index (Phi) is 6.36. The molecule has 0 unspecified atom stereocenters. The van der Waals surface area contributed by atoms with Crippen molar-refractivity contribution in [3.05, 3.63) is 35.4 Å². The van der Waals surface area contributed by atoms with Crippen molar-refractivity contribution < 1.29 is 5.21 Å². The molecule has 0 atom stereocenters. The summed E-state index contributed by atoms with van der Waals surface area (Å²) in [6, 6.07) is 8.54. The summed E-state index contributed by atoms with van der Waals surface area (Å²) in [7, 11) is 0. The summed E-state index contributed by atoms with van der Waals surface area (Å²) in [5.41, 5.74) is 8.12. The molecule has 0 amide bonds. The number of amidine groups is 1. The molecule has 1 aromatic carbocycles. The standard InChI is InChI=1S/C15H25N3O/c1-12(2)10-18(8-7-15(16)17-19)11-14-6-4-5-13(3)9-14/h4-6,9,12,19H,7-8,10-11H2,1-3H3,(H2,16,17). The first-order valence-corrected chi connectivity index (χ1v) is 6.75. The first-order valence-electron chi connectivity index (χ1n) is 6.75. The number of aryl methyl sites for hydroxylation is 1. The molecule has 0 aromatic heterocycles. The van der Waals surface area contributed by atoms with Crippen LogP contribution < -0.4 is 5.73 Å². The fourth-order valence-electron chi connectivity index (χ4n) is 2.14. The minimum Gasteiger partial charge on any atom is -0.409 e. The monoisotopic (exact) mass is 263 g/mol. The van der Waals surface area contributed by atoms with Gasteiger partial charge in [0, 0.05) is 26.1 Å². The van der Waals surface area contributed by atoms with Gasteiger partial charge in [-0.05, 0) is 18.4 Å². The van der Waals surface area contributed by atoms with Crippen LogP contribution in [0, 0.1) is 12.8 Å². The summed E-state index contributed by atoms with van der Waals surface area (Å²) in [5.74, 6) is 0.884. The van der Waals surface area contributed by atoms with E-state index >= 15 is 0 Å². The number of hydrogen-bond donors (Lipinski definition) is 2. The van der Waals surface area contributed by atoms with Crippen LogP contribution in [-0.4, -0.2) is 29.0 Å². The Bertz CT molecular complexity index is 416. The highest BCUT2D eigenvalue weighted by molar-refractivity contribution is 5.79. The second-order valence-electron chi connectivity index (χ2n) is 5.46. The summed E-state index contributed by atoms with van der Waals surface area (Å²) < 4.78 is 0. The highest BCUT2D eigenvalue weighted by Crippen LogP contribution is 2.10. The normalized spacial score (nSPS) is 12.4. The molecule has 0 saturated heterocycles. The van der Waals surface area contributed by atoms with Gasteiger partial charge in [-0.1, -0.05) is 48.8 Å². The molecule has 4 nitrogen and oxygen atoms in total. The van der Waals surface area contributed by atoms with E-state index in [1.54, 1.807) is 0 Å². The van der Waals surface area contributed by atoms with Gasteiger partial charge in [0.25, 0.3) is 0 Å². The van der Waals surface area contributed by atoms with Crippen LogP contribution in [-0.2, 0) is 6.54 Å². The highest BCUT2D eigenvalue weighted by atomic mass is 16.4. The summed E-state index contributed by atoms with van der Waals surface area (Å²) in [6.07, 6.45) is 0.592. The topological polar surface area (TPSA) is 61.8 Å². The molecule has 0 saturated carbocycles. The Morgan fingerprint density at radius 1 is 1.42 bits per heavy atom. The number of rotatable bonds is 7. The third-order valence-electron chi connectivity index (χ3n) is 2.92. The predicted molar refractivity (Wildman–Crippen MR) is 79.3 cm³/mol. The number of nitrogens with zero attached hydrogens (tertiary/aromatic N) is 2. The molecule has 1 rings (SSSR count). The van der Waals surface area contributed by atoms with Crippen molar-refractivity contribution >= 4 is 5.84 Å². The number of benzene rings is 1. The Morgan fingerprint density at radius 2 is 2.16 bits per heavy atom. The molecule has 0 spiro atoms. The maximum atomic E-state index is 8.60. The van der Waals surface area contributed by atoms with Gasteiger partial charge in [-0.25, -0.2) is 0 Å². The van der Waals surface area contributed by atoms with E-state index in [4.69, 9.17) is 10.9 Å². The van der Waals surface area contributed by atoms with Gasteiger partial charge in [0.15, 0.2) is 0 Å². The number of oxime groups is 1. The molecule has 0 fully saturated rings. The zero-order valence-electron chi connectivity index (χ0n) is 12.1. The van der Waals surface area contributed by atoms with Crippen LogP contribution in [0.3, 0.4) is 0 Å². The molecule has 19 heavy (non-hydrogen) atoms. The van der Waals surface area contributed by atoms with Gasteiger partial charge in [-0.3, -0.25) is 4.90 Å². The van der Waals surface area contributed by atoms with Gasteiger partial charge in [-0.15, -0.1) is 0 Å². The van der Waals surface area contributed by atoms with E-state index in [9.17, 15) is 0 Å². The highest BCUT2D eigenvalue weighted by Gasteiger charge is 2.09. The molecule has 0 aliphatic rings. The second-order valence-corrected chi connectivity index (χ2v) is 5.46. The van der Waals surface area contributed by atoms with E-state index in [1.807, 2.05) is 0 Å². The average molecular weight is 263 g/mol. The molecule has 0 heterocycles. The molecule has 1 aromatic rings. The molecular weight excluding hydrogens is 238 g/mol. The van der Waals surface area contributed by atoms with Gasteiger partial charge in [0.2, 0.25) is 0 Å². The van der Waals surface area contributed by atoms with E-state index in [0.717, 1.165) is 19.6 Å². The van der Waals surface area contributed by atoms with Gasteiger partial charge in [0.1, 0.15) is 5.84 Å². The van der Waals surface area contributed by atoms with Crippen LogP contribution in [0.15, 0.2) is 29.4 Å². The van der Waals surface area contributed by atoms with E-state index in [1.165, 1.54) is 11.1 Å². The summed E-state index contributed by atoms with van der Waals surface area (Å²) in [6.45, 7) is 9.22. The molecule has 3 N–H and O–H groups in total. The fraction of sp³-hybridized carbons (Fsp3) is 0.533. The van der Waals surface area contributed by atoms with Gasteiger partial charge < -0.3 is 10.9 Å². The smallest absolute Gasteiger partial charge is 0.140 e. The predicted octanol–water partition coefficient (Wildman–Crippen LogP) is 2.59. The first kappa shape index (κ1) is 15.5. The molecule has 106 valence electrons. The summed E-state index contributed by atoms with van der Waals surface area (Å²) in [4.78, 5) is 2.34. The minimum absolute atomic E-state index is 0.290. The van der Waals surface area contributed by atoms with Crippen LogP contribution in [0.5, 0.6) is 0 Å². The van der Waals surface area contributed by atoms with E-state index < -0.39 is 0 Å². The fourth-order valence-corrected chi connectivity index (χ4v) is 2.14. The molecular formula is C15H25N3O. The Hall–Kier alpha value is -1.55. The quantitative estimate of drug-likeness (QED) is 0.344. The van der Waals surface area contributed by atoms with Crippen LogP contribution >= 0.6 is 0 Å². The Labute approximate surface area is 115 Å². The van der Waals surface area contributed by atoms with Gasteiger partial charge in [-0.2, -0.15) is 0 Å². The van der Waals surface area contributed by atoms with Crippen molar-refractivity contribution in [1.82, 2.24) is 4.90 Å². The van der Waals surface area contributed by atoms with E-state index in [0.29, 0.717) is 12.3 Å². The lowest BCUT2D eigenvalue weighted by Gasteiger charge is -2.24. The molecule has 0 aliphatic carbocycles. The molecule has 0 aliphatic heterocycles. The van der Waals surface area contributed by atoms with Crippen molar-refractivity contribution in [1.29, 1.82) is 0 Å². The third-order valence-corrected chi connectivity index (χ3v) is 2.92. The van der Waals surface area contributed by atoms with Crippen molar-refractivity contribution in [2.45, 2.75) is 33.7 Å². The molecule has 0 radical (unpaired) electrons. The maximum absolute atomic E-state index is 8.60. The number of nitrogens with two attached hydrogens (primary N) is 1. The van der Waals surface area contributed by atoms with Crippen LogP contribution in [0.1, 0.15) is 31.4 Å². The van der Waals surface area contributed by atoms with Crippen LogP contribution in [0.2, 0.25) is 0 Å². The third kappa shape index (κ3) is 6.25. The SMILES string of the molecule is Cc1cccc(CN(CCC(N)=NO)CC(C)C)c1. The first-order chi connectivity index (χ1) is 9.01.